The summed E-state index contributed by atoms with van der Waals surface area (Å²) in [6.07, 6.45) is 6.81. The van der Waals surface area contributed by atoms with E-state index < -0.39 is 0 Å². The summed E-state index contributed by atoms with van der Waals surface area (Å²) in [6, 6.07) is 0.178. The van der Waals surface area contributed by atoms with E-state index in [9.17, 15) is 9.59 Å². The van der Waals surface area contributed by atoms with Crippen LogP contribution in [0.1, 0.15) is 51.9 Å². The zero-order valence-corrected chi connectivity index (χ0v) is 13.1. The van der Waals surface area contributed by atoms with Crippen LogP contribution in [0.4, 0.5) is 4.79 Å². The quantitative estimate of drug-likeness (QED) is 0.590. The Balaban J connectivity index is 2.09. The second-order valence-corrected chi connectivity index (χ2v) is 5.54. The van der Waals surface area contributed by atoms with Crippen LogP contribution in [0, 0.1) is 0 Å². The van der Waals surface area contributed by atoms with E-state index in [4.69, 9.17) is 5.11 Å². The smallest absolute Gasteiger partial charge is 0.315 e. The fourth-order valence-electron chi connectivity index (χ4n) is 2.66. The van der Waals surface area contributed by atoms with Crippen LogP contribution in [0.25, 0.3) is 0 Å². The third-order valence-corrected chi connectivity index (χ3v) is 3.90. The minimum Gasteiger partial charge on any atom is -0.395 e. The molecule has 0 saturated heterocycles. The lowest BCUT2D eigenvalue weighted by Gasteiger charge is -2.23. The minimum atomic E-state index is -0.128. The van der Waals surface area contributed by atoms with Crippen molar-refractivity contribution in [2.45, 2.75) is 57.9 Å². The van der Waals surface area contributed by atoms with Gasteiger partial charge in [0, 0.05) is 32.1 Å². The highest BCUT2D eigenvalue weighted by Crippen LogP contribution is 2.17. The maximum absolute atomic E-state index is 11.8. The molecule has 6 nitrogen and oxygen atoms in total. The van der Waals surface area contributed by atoms with E-state index in [-0.39, 0.29) is 18.5 Å². The average Bonchev–Trinajstić information content (AvgIpc) is 2.50. The number of hydrogen-bond donors (Lipinski definition) is 3. The number of aliphatic hydroxyl groups is 1. The zero-order chi connectivity index (χ0) is 15.5. The Morgan fingerprint density at radius 2 is 1.95 bits per heavy atom. The maximum atomic E-state index is 11.8. The molecule has 1 aliphatic carbocycles. The van der Waals surface area contributed by atoms with Crippen molar-refractivity contribution in [3.63, 3.8) is 0 Å². The molecular weight excluding hydrogens is 270 g/mol. The Labute approximate surface area is 127 Å². The predicted molar refractivity (Wildman–Crippen MR) is 82.0 cm³/mol. The molecule has 3 amide bonds. The Morgan fingerprint density at radius 1 is 1.24 bits per heavy atom. The fourth-order valence-corrected chi connectivity index (χ4v) is 2.66. The van der Waals surface area contributed by atoms with Gasteiger partial charge in [-0.05, 0) is 26.2 Å². The summed E-state index contributed by atoms with van der Waals surface area (Å²) in [5.74, 6) is 0.0287. The number of hydrogen-bond acceptors (Lipinski definition) is 3. The van der Waals surface area contributed by atoms with Gasteiger partial charge >= 0.3 is 6.03 Å². The number of likely N-dealkylation sites (N-methyl/N-ethyl adjacent to an activating group) is 1. The lowest BCUT2D eigenvalue weighted by atomic mass is 9.96. The van der Waals surface area contributed by atoms with Gasteiger partial charge in [-0.2, -0.15) is 0 Å². The molecule has 122 valence electrons. The van der Waals surface area contributed by atoms with Crippen LogP contribution in [-0.4, -0.2) is 54.2 Å². The molecule has 0 unspecified atom stereocenters. The molecule has 21 heavy (non-hydrogen) atoms. The Morgan fingerprint density at radius 3 is 2.57 bits per heavy atom. The van der Waals surface area contributed by atoms with Crippen LogP contribution in [0.3, 0.4) is 0 Å². The predicted octanol–water partition coefficient (Wildman–Crippen LogP) is 1.24. The van der Waals surface area contributed by atoms with E-state index in [2.05, 4.69) is 10.6 Å². The van der Waals surface area contributed by atoms with Crippen LogP contribution >= 0.6 is 0 Å². The third-order valence-electron chi connectivity index (χ3n) is 3.90. The number of aliphatic hydroxyl groups excluding tert-OH is 1. The SMILES string of the molecule is CCN(CCO)C(=O)CCCNC(=O)NC1CCCCC1. The van der Waals surface area contributed by atoms with E-state index in [0.717, 1.165) is 12.8 Å². The molecule has 1 fully saturated rings. The van der Waals surface area contributed by atoms with Gasteiger partial charge in [-0.3, -0.25) is 4.79 Å². The number of rotatable bonds is 8. The van der Waals surface area contributed by atoms with Crippen molar-refractivity contribution in [1.29, 1.82) is 0 Å². The highest BCUT2D eigenvalue weighted by Gasteiger charge is 2.15. The summed E-state index contributed by atoms with van der Waals surface area (Å²) in [4.78, 5) is 25.1. The molecule has 1 rings (SSSR count). The van der Waals surface area contributed by atoms with E-state index in [0.29, 0.717) is 38.5 Å². The summed E-state index contributed by atoms with van der Waals surface area (Å²) < 4.78 is 0. The van der Waals surface area contributed by atoms with Crippen LogP contribution in [0.5, 0.6) is 0 Å². The van der Waals surface area contributed by atoms with Gasteiger partial charge in [0.1, 0.15) is 0 Å². The van der Waals surface area contributed by atoms with Crippen LogP contribution in [-0.2, 0) is 4.79 Å². The largest absolute Gasteiger partial charge is 0.395 e. The normalized spacial score (nSPS) is 15.5. The summed E-state index contributed by atoms with van der Waals surface area (Å²) >= 11 is 0. The van der Waals surface area contributed by atoms with E-state index in [1.807, 2.05) is 6.92 Å². The van der Waals surface area contributed by atoms with Gasteiger partial charge in [0.05, 0.1) is 6.61 Å². The fraction of sp³-hybridized carbons (Fsp3) is 0.867. The van der Waals surface area contributed by atoms with Crippen molar-refractivity contribution in [3.8, 4) is 0 Å². The summed E-state index contributed by atoms with van der Waals surface area (Å²) in [6.45, 7) is 3.37. The maximum Gasteiger partial charge on any atom is 0.315 e. The lowest BCUT2D eigenvalue weighted by molar-refractivity contribution is -0.131. The highest BCUT2D eigenvalue weighted by molar-refractivity contribution is 5.76. The molecule has 0 radical (unpaired) electrons. The van der Waals surface area contributed by atoms with Crippen LogP contribution in [0.15, 0.2) is 0 Å². The highest BCUT2D eigenvalue weighted by atomic mass is 16.3. The molecule has 1 saturated carbocycles. The van der Waals surface area contributed by atoms with Crippen molar-refractivity contribution in [1.82, 2.24) is 15.5 Å². The van der Waals surface area contributed by atoms with Crippen LogP contribution in [0.2, 0.25) is 0 Å². The van der Waals surface area contributed by atoms with Gasteiger partial charge in [-0.15, -0.1) is 0 Å². The van der Waals surface area contributed by atoms with Gasteiger partial charge in [0.15, 0.2) is 0 Å². The number of nitrogens with zero attached hydrogens (tertiary/aromatic N) is 1. The van der Waals surface area contributed by atoms with E-state index in [1.54, 1.807) is 4.90 Å². The molecule has 0 aromatic carbocycles. The monoisotopic (exact) mass is 299 g/mol. The second kappa shape index (κ2) is 10.4. The van der Waals surface area contributed by atoms with Gasteiger partial charge in [-0.1, -0.05) is 19.3 Å². The molecular formula is C15H29N3O3. The Bertz CT molecular complexity index is 317. The van der Waals surface area contributed by atoms with Crippen molar-refractivity contribution >= 4 is 11.9 Å². The van der Waals surface area contributed by atoms with Gasteiger partial charge in [-0.25, -0.2) is 4.79 Å². The van der Waals surface area contributed by atoms with Crippen molar-refractivity contribution in [2.75, 3.05) is 26.2 Å². The van der Waals surface area contributed by atoms with Gasteiger partial charge < -0.3 is 20.6 Å². The first-order valence-electron chi connectivity index (χ1n) is 8.10. The molecule has 1 aliphatic rings. The van der Waals surface area contributed by atoms with E-state index in [1.165, 1.54) is 19.3 Å². The second-order valence-electron chi connectivity index (χ2n) is 5.54. The zero-order valence-electron chi connectivity index (χ0n) is 13.1. The number of carbonyl (C=O) groups excluding carboxylic acids is 2. The first kappa shape index (κ1) is 17.8. The summed E-state index contributed by atoms with van der Waals surface area (Å²) in [5.41, 5.74) is 0. The van der Waals surface area contributed by atoms with Crippen LogP contribution < -0.4 is 10.6 Å². The summed E-state index contributed by atoms with van der Waals surface area (Å²) in [7, 11) is 0. The average molecular weight is 299 g/mol. The first-order chi connectivity index (χ1) is 10.2. The van der Waals surface area contributed by atoms with E-state index >= 15 is 0 Å². The minimum absolute atomic E-state index is 0.0123. The molecule has 3 N–H and O–H groups in total. The molecule has 0 spiro atoms. The van der Waals surface area contributed by atoms with Gasteiger partial charge in [0.25, 0.3) is 0 Å². The number of urea groups is 1. The Hall–Kier alpha value is -1.30. The van der Waals surface area contributed by atoms with Gasteiger partial charge in [0.2, 0.25) is 5.91 Å². The molecule has 6 heteroatoms. The first-order valence-corrected chi connectivity index (χ1v) is 8.10. The molecule has 0 heterocycles. The topological polar surface area (TPSA) is 81.7 Å². The molecule has 0 aromatic heterocycles. The number of amides is 3. The Kier molecular flexibility index (Phi) is 8.82. The van der Waals surface area contributed by atoms with Crippen molar-refractivity contribution in [2.24, 2.45) is 0 Å². The van der Waals surface area contributed by atoms with Crippen molar-refractivity contribution in [3.05, 3.63) is 0 Å². The lowest BCUT2D eigenvalue weighted by Crippen LogP contribution is -2.43. The summed E-state index contributed by atoms with van der Waals surface area (Å²) in [5, 5.41) is 14.6. The molecule has 0 aliphatic heterocycles. The molecule has 0 bridgehead atoms. The molecule has 0 aromatic rings. The third kappa shape index (κ3) is 7.32. The van der Waals surface area contributed by atoms with Crippen molar-refractivity contribution < 1.29 is 14.7 Å². The number of nitrogens with one attached hydrogen (secondary N) is 2. The number of carbonyl (C=O) groups is 2. The molecule has 0 atom stereocenters. The standard InChI is InChI=1S/C15H29N3O3/c1-2-18(11-12-19)14(20)9-6-10-16-15(21)17-13-7-4-3-5-8-13/h13,19H,2-12H2,1H3,(H2,16,17,21).